The minimum atomic E-state index is -1.70. The summed E-state index contributed by atoms with van der Waals surface area (Å²) in [5.41, 5.74) is -0.971. The second-order valence-corrected chi connectivity index (χ2v) is 8.44. The maximum absolute atomic E-state index is 13.3. The Bertz CT molecular complexity index is 757. The fourth-order valence-corrected chi connectivity index (χ4v) is 3.79. The maximum Gasteiger partial charge on any atom is 0.417 e. The van der Waals surface area contributed by atoms with Crippen LogP contribution in [0.3, 0.4) is 0 Å². The molecule has 1 N–H and O–H groups in total. The van der Waals surface area contributed by atoms with Crippen molar-refractivity contribution >= 4 is 29.5 Å². The molecule has 0 radical (unpaired) electrons. The summed E-state index contributed by atoms with van der Waals surface area (Å²) in [4.78, 5) is 62.9. The molecule has 10 heteroatoms. The fourth-order valence-electron chi connectivity index (χ4n) is 3.79. The van der Waals surface area contributed by atoms with Crippen LogP contribution in [0.5, 0.6) is 0 Å². The molecule has 0 aromatic rings. The number of nitrogens with zero attached hydrogens (tertiary/aromatic N) is 1. The third-order valence-corrected chi connectivity index (χ3v) is 5.02. The van der Waals surface area contributed by atoms with Crippen molar-refractivity contribution in [1.82, 2.24) is 4.90 Å². The molecule has 1 saturated heterocycles. The Balaban J connectivity index is 3.16. The van der Waals surface area contributed by atoms with Crippen LogP contribution in [0.2, 0.25) is 0 Å². The zero-order chi connectivity index (χ0) is 24.6. The van der Waals surface area contributed by atoms with E-state index >= 15 is 0 Å². The third-order valence-electron chi connectivity index (χ3n) is 5.02. The molecule has 2 amide bonds. The van der Waals surface area contributed by atoms with Gasteiger partial charge in [-0.2, -0.15) is 0 Å². The first-order valence-electron chi connectivity index (χ1n) is 10.5. The summed E-state index contributed by atoms with van der Waals surface area (Å²) in [5, 5.41) is 8.77. The topological polar surface area (TPSA) is 137 Å². The summed E-state index contributed by atoms with van der Waals surface area (Å²) < 4.78 is 15.6. The number of esters is 1. The van der Waals surface area contributed by atoms with Crippen molar-refractivity contribution in [2.24, 2.45) is 5.92 Å². The quantitative estimate of drug-likeness (QED) is 0.264. The van der Waals surface area contributed by atoms with Gasteiger partial charge >= 0.3 is 12.1 Å². The van der Waals surface area contributed by atoms with Crippen LogP contribution in [0.25, 0.3) is 0 Å². The van der Waals surface area contributed by atoms with E-state index in [1.165, 1.54) is 0 Å². The van der Waals surface area contributed by atoms with Crippen LogP contribution in [-0.2, 0) is 33.4 Å². The van der Waals surface area contributed by atoms with Crippen molar-refractivity contribution < 1.29 is 43.3 Å². The van der Waals surface area contributed by atoms with Gasteiger partial charge < -0.3 is 19.3 Å². The number of unbranched alkanes of at least 4 members (excludes halogenated alkanes) is 1. The van der Waals surface area contributed by atoms with Crippen molar-refractivity contribution in [3.8, 4) is 0 Å². The van der Waals surface area contributed by atoms with Crippen LogP contribution < -0.4 is 0 Å². The summed E-state index contributed by atoms with van der Waals surface area (Å²) in [6, 6.07) is -0.642. The highest BCUT2D eigenvalue weighted by Gasteiger charge is 2.54. The van der Waals surface area contributed by atoms with E-state index in [2.05, 4.69) is 0 Å². The number of imide groups is 1. The molecule has 0 aromatic heterocycles. The summed E-state index contributed by atoms with van der Waals surface area (Å²) in [7, 11) is 1.15. The van der Waals surface area contributed by atoms with Crippen LogP contribution in [0.1, 0.15) is 53.9 Å². The summed E-state index contributed by atoms with van der Waals surface area (Å²) >= 11 is 0. The van der Waals surface area contributed by atoms with Crippen LogP contribution in [-0.4, -0.2) is 77.1 Å². The van der Waals surface area contributed by atoms with E-state index in [1.807, 2.05) is 13.8 Å². The zero-order valence-electron chi connectivity index (χ0n) is 19.5. The van der Waals surface area contributed by atoms with Crippen LogP contribution in [0, 0.1) is 5.92 Å². The fraction of sp³-hybridized carbons (Fsp3) is 0.682. The number of carbonyl (C=O) groups excluding carboxylic acids is 5. The molecule has 1 aliphatic heterocycles. The van der Waals surface area contributed by atoms with Crippen LogP contribution in [0.15, 0.2) is 12.2 Å². The predicted octanol–water partition coefficient (Wildman–Crippen LogP) is 1.57. The van der Waals surface area contributed by atoms with Gasteiger partial charge in [-0.1, -0.05) is 13.8 Å². The smallest absolute Gasteiger partial charge is 0.417 e. The van der Waals surface area contributed by atoms with E-state index in [4.69, 9.17) is 19.3 Å². The number of methoxy groups -OCH3 is 1. The number of cyclic esters (lactones) is 1. The van der Waals surface area contributed by atoms with Gasteiger partial charge in [-0.05, 0) is 44.8 Å². The first-order valence-corrected chi connectivity index (χ1v) is 10.5. The predicted molar refractivity (Wildman–Crippen MR) is 112 cm³/mol. The van der Waals surface area contributed by atoms with E-state index in [9.17, 15) is 24.0 Å². The van der Waals surface area contributed by atoms with Crippen molar-refractivity contribution in [3.05, 3.63) is 12.2 Å². The number of carbonyl (C=O) groups is 5. The molecule has 1 rings (SSSR count). The first-order chi connectivity index (χ1) is 14.9. The van der Waals surface area contributed by atoms with Gasteiger partial charge in [0.05, 0.1) is 6.04 Å². The van der Waals surface area contributed by atoms with Gasteiger partial charge in [0.15, 0.2) is 23.8 Å². The second-order valence-electron chi connectivity index (χ2n) is 8.44. The lowest BCUT2D eigenvalue weighted by molar-refractivity contribution is -0.166. The molecule has 180 valence electrons. The second kappa shape index (κ2) is 11.9. The standard InChI is InChI=1S/C22H33NO9/c1-13(2)19-22(4,5)32-21(29)23(19)20(28)18(30-6)17(31-14(3)25)16(27)11-10-15(26)9-7-8-12-24/h10-11,13,17-19,24H,7-9,12H2,1-6H3/t17-,18+,19+/m1/s1. The van der Waals surface area contributed by atoms with Crippen molar-refractivity contribution in [2.45, 2.75) is 77.7 Å². The number of ether oxygens (including phenoxy) is 3. The molecule has 0 unspecified atom stereocenters. The van der Waals surface area contributed by atoms with Gasteiger partial charge in [-0.15, -0.1) is 0 Å². The van der Waals surface area contributed by atoms with Gasteiger partial charge in [-0.25, -0.2) is 9.69 Å². The Morgan fingerprint density at radius 1 is 1.16 bits per heavy atom. The first kappa shape index (κ1) is 27.4. The highest BCUT2D eigenvalue weighted by atomic mass is 16.6. The number of ketones is 2. The number of amides is 2. The SMILES string of the molecule is CO[C@H](C(=O)N1C(=O)OC(C)(C)[C@@H]1C(C)C)[C@H](OC(C)=O)C(=O)C=CC(=O)CCCCO. The van der Waals surface area contributed by atoms with Crippen molar-refractivity contribution in [2.75, 3.05) is 13.7 Å². The number of aliphatic hydroxyl groups is 1. The normalized spacial score (nSPS) is 19.7. The van der Waals surface area contributed by atoms with Crippen molar-refractivity contribution in [1.29, 1.82) is 0 Å². The van der Waals surface area contributed by atoms with E-state index < -0.39 is 47.6 Å². The molecular formula is C22H33NO9. The number of aliphatic hydroxyl groups excluding tert-OH is 1. The van der Waals surface area contributed by atoms with Gasteiger partial charge in [0.2, 0.25) is 0 Å². The Hall–Kier alpha value is -2.59. The molecule has 0 aromatic carbocycles. The highest BCUT2D eigenvalue weighted by molar-refractivity contribution is 6.05. The van der Waals surface area contributed by atoms with Crippen LogP contribution >= 0.6 is 0 Å². The lowest BCUT2D eigenvalue weighted by Gasteiger charge is -2.33. The zero-order valence-corrected chi connectivity index (χ0v) is 19.5. The molecule has 0 bridgehead atoms. The van der Waals surface area contributed by atoms with Gasteiger partial charge in [0, 0.05) is 27.1 Å². The Kier molecular flexibility index (Phi) is 10.2. The number of allylic oxidation sites excluding steroid dienone is 1. The number of hydrogen-bond donors (Lipinski definition) is 1. The summed E-state index contributed by atoms with van der Waals surface area (Å²) in [6.07, 6.45) is -1.24. The van der Waals surface area contributed by atoms with E-state index in [-0.39, 0.29) is 24.7 Å². The molecule has 1 aliphatic rings. The monoisotopic (exact) mass is 455 g/mol. The van der Waals surface area contributed by atoms with Gasteiger partial charge in [0.25, 0.3) is 5.91 Å². The molecule has 3 atom stereocenters. The summed E-state index contributed by atoms with van der Waals surface area (Å²) in [6.45, 7) is 7.99. The average molecular weight is 456 g/mol. The van der Waals surface area contributed by atoms with Gasteiger partial charge in [-0.3, -0.25) is 19.2 Å². The van der Waals surface area contributed by atoms with Crippen molar-refractivity contribution in [3.63, 3.8) is 0 Å². The Morgan fingerprint density at radius 3 is 2.28 bits per heavy atom. The van der Waals surface area contributed by atoms with Gasteiger partial charge in [0.1, 0.15) is 5.60 Å². The summed E-state index contributed by atoms with van der Waals surface area (Å²) in [5.74, 6) is -3.10. The minimum Gasteiger partial charge on any atom is -0.451 e. The minimum absolute atomic E-state index is 0.0464. The number of rotatable bonds is 12. The van der Waals surface area contributed by atoms with E-state index in [0.717, 1.165) is 31.1 Å². The lowest BCUT2D eigenvalue weighted by atomic mass is 9.88. The molecule has 0 spiro atoms. The highest BCUT2D eigenvalue weighted by Crippen LogP contribution is 2.35. The molecule has 1 fully saturated rings. The largest absolute Gasteiger partial charge is 0.451 e. The molecular weight excluding hydrogens is 422 g/mol. The van der Waals surface area contributed by atoms with Crippen LogP contribution in [0.4, 0.5) is 4.79 Å². The molecule has 10 nitrogen and oxygen atoms in total. The molecule has 0 aliphatic carbocycles. The molecule has 0 saturated carbocycles. The molecule has 1 heterocycles. The average Bonchev–Trinajstić information content (AvgIpc) is 2.93. The maximum atomic E-state index is 13.3. The lowest BCUT2D eigenvalue weighted by Crippen LogP contribution is -2.55. The Morgan fingerprint density at radius 2 is 1.78 bits per heavy atom. The van der Waals surface area contributed by atoms with E-state index in [1.54, 1.807) is 13.8 Å². The Labute approximate surface area is 187 Å². The molecule has 32 heavy (non-hydrogen) atoms. The van der Waals surface area contributed by atoms with E-state index in [0.29, 0.717) is 12.8 Å². The number of hydrogen-bond acceptors (Lipinski definition) is 9. The third kappa shape index (κ3) is 6.96.